The minimum Gasteiger partial charge on any atom is -0.497 e. The highest BCUT2D eigenvalue weighted by molar-refractivity contribution is 7.07. The molecule has 154 valence electrons. The van der Waals surface area contributed by atoms with E-state index in [1.54, 1.807) is 39.8 Å². The minimum absolute atomic E-state index is 0.215. The van der Waals surface area contributed by atoms with E-state index in [4.69, 9.17) is 23.9 Å². The van der Waals surface area contributed by atoms with Crippen LogP contribution in [-0.4, -0.2) is 33.0 Å². The van der Waals surface area contributed by atoms with Gasteiger partial charge < -0.3 is 23.5 Å². The summed E-state index contributed by atoms with van der Waals surface area (Å²) >= 11 is 1.59. The molecule has 7 heteroatoms. The second-order valence-electron chi connectivity index (χ2n) is 6.59. The molecule has 0 radical (unpaired) electrons. The maximum absolute atomic E-state index is 5.52. The van der Waals surface area contributed by atoms with Crippen molar-refractivity contribution in [3.8, 4) is 34.3 Å². The van der Waals surface area contributed by atoms with E-state index in [0.29, 0.717) is 17.2 Å². The average molecular weight is 415 g/mol. The van der Waals surface area contributed by atoms with Gasteiger partial charge >= 0.3 is 0 Å². The topological polar surface area (TPSA) is 54.2 Å². The Morgan fingerprint density at radius 3 is 1.97 bits per heavy atom. The maximum Gasteiger partial charge on any atom is 0.203 e. The Kier molecular flexibility index (Phi) is 6.49. The zero-order valence-electron chi connectivity index (χ0n) is 17.6. The summed E-state index contributed by atoms with van der Waals surface area (Å²) in [7, 11) is 6.50. The van der Waals surface area contributed by atoms with Gasteiger partial charge in [0.15, 0.2) is 16.3 Å². The molecule has 2 aromatic carbocycles. The number of methoxy groups -OCH3 is 4. The van der Waals surface area contributed by atoms with Gasteiger partial charge in [0.2, 0.25) is 5.75 Å². The van der Waals surface area contributed by atoms with Gasteiger partial charge in [0.05, 0.1) is 39.8 Å². The number of thiazole rings is 1. The molecule has 0 unspecified atom stereocenters. The SMILES string of the molecule is COc1ccc(N=c2scc(-c3cc(OC)c(OC)c(OC)c3)n2C(C)C)cc1. The molecule has 0 N–H and O–H groups in total. The molecule has 29 heavy (non-hydrogen) atoms. The Morgan fingerprint density at radius 1 is 0.862 bits per heavy atom. The summed E-state index contributed by atoms with van der Waals surface area (Å²) < 4.78 is 23.9. The van der Waals surface area contributed by atoms with Crippen LogP contribution in [0.15, 0.2) is 46.8 Å². The van der Waals surface area contributed by atoms with Gasteiger partial charge in [0, 0.05) is 17.0 Å². The predicted octanol–water partition coefficient (Wildman–Crippen LogP) is 5.06. The fraction of sp³-hybridized carbons (Fsp3) is 0.318. The van der Waals surface area contributed by atoms with Crippen LogP contribution in [0.5, 0.6) is 23.0 Å². The Hall–Kier alpha value is -2.93. The van der Waals surface area contributed by atoms with E-state index in [9.17, 15) is 0 Å². The predicted molar refractivity (Wildman–Crippen MR) is 116 cm³/mol. The molecule has 0 saturated heterocycles. The first-order valence-corrected chi connectivity index (χ1v) is 10.1. The summed E-state index contributed by atoms with van der Waals surface area (Å²) in [6.07, 6.45) is 0. The van der Waals surface area contributed by atoms with Crippen molar-refractivity contribution in [1.82, 2.24) is 4.57 Å². The fourth-order valence-corrected chi connectivity index (χ4v) is 4.16. The van der Waals surface area contributed by atoms with Crippen LogP contribution in [0, 0.1) is 0 Å². The van der Waals surface area contributed by atoms with Crippen LogP contribution in [0.1, 0.15) is 19.9 Å². The van der Waals surface area contributed by atoms with Crippen molar-refractivity contribution < 1.29 is 18.9 Å². The van der Waals surface area contributed by atoms with Gasteiger partial charge in [-0.15, -0.1) is 11.3 Å². The number of nitrogens with zero attached hydrogens (tertiary/aromatic N) is 2. The number of aromatic nitrogens is 1. The van der Waals surface area contributed by atoms with E-state index in [-0.39, 0.29) is 6.04 Å². The summed E-state index contributed by atoms with van der Waals surface area (Å²) in [5.41, 5.74) is 2.88. The molecule has 3 rings (SSSR count). The monoisotopic (exact) mass is 414 g/mol. The zero-order valence-corrected chi connectivity index (χ0v) is 18.4. The molecular weight excluding hydrogens is 388 g/mol. The van der Waals surface area contributed by atoms with E-state index in [0.717, 1.165) is 27.5 Å². The van der Waals surface area contributed by atoms with Crippen molar-refractivity contribution in [1.29, 1.82) is 0 Å². The van der Waals surface area contributed by atoms with Crippen LogP contribution in [0.25, 0.3) is 11.3 Å². The number of ether oxygens (including phenoxy) is 4. The highest BCUT2D eigenvalue weighted by atomic mass is 32.1. The third-order valence-corrected chi connectivity index (χ3v) is 5.36. The first-order valence-electron chi connectivity index (χ1n) is 9.21. The van der Waals surface area contributed by atoms with Crippen molar-refractivity contribution in [3.63, 3.8) is 0 Å². The summed E-state index contributed by atoms with van der Waals surface area (Å²) in [4.78, 5) is 5.75. The Balaban J connectivity index is 2.15. The maximum atomic E-state index is 5.52. The van der Waals surface area contributed by atoms with Crippen LogP contribution in [0.3, 0.4) is 0 Å². The highest BCUT2D eigenvalue weighted by Gasteiger charge is 2.18. The van der Waals surface area contributed by atoms with Gasteiger partial charge in [-0.1, -0.05) is 0 Å². The summed E-state index contributed by atoms with van der Waals surface area (Å²) in [6.45, 7) is 4.28. The Morgan fingerprint density at radius 2 is 1.48 bits per heavy atom. The Bertz CT molecular complexity index is 1010. The van der Waals surface area contributed by atoms with Crippen LogP contribution >= 0.6 is 11.3 Å². The van der Waals surface area contributed by atoms with E-state index < -0.39 is 0 Å². The van der Waals surface area contributed by atoms with Gasteiger partial charge in [-0.3, -0.25) is 0 Å². The smallest absolute Gasteiger partial charge is 0.203 e. The molecule has 0 saturated carbocycles. The number of benzene rings is 2. The lowest BCUT2D eigenvalue weighted by atomic mass is 10.1. The first kappa shape index (κ1) is 20.8. The van der Waals surface area contributed by atoms with E-state index >= 15 is 0 Å². The van der Waals surface area contributed by atoms with Gasteiger partial charge in [0.25, 0.3) is 0 Å². The van der Waals surface area contributed by atoms with Crippen LogP contribution < -0.4 is 23.7 Å². The molecule has 0 fully saturated rings. The van der Waals surface area contributed by atoms with Gasteiger partial charge in [-0.2, -0.15) is 0 Å². The quantitative estimate of drug-likeness (QED) is 0.542. The molecule has 3 aromatic rings. The number of rotatable bonds is 7. The van der Waals surface area contributed by atoms with Crippen LogP contribution in [-0.2, 0) is 0 Å². The standard InChI is InChI=1S/C22H26N2O4S/c1-14(2)24-18(15-11-19(26-4)21(28-6)20(12-15)27-5)13-29-22(24)23-16-7-9-17(25-3)10-8-16/h7-14H,1-6H3. The molecule has 6 nitrogen and oxygen atoms in total. The minimum atomic E-state index is 0.215. The molecule has 0 aliphatic rings. The van der Waals surface area contributed by atoms with E-state index in [2.05, 4.69) is 23.8 Å². The molecule has 0 atom stereocenters. The van der Waals surface area contributed by atoms with Crippen LogP contribution in [0.2, 0.25) is 0 Å². The third-order valence-electron chi connectivity index (χ3n) is 4.52. The van der Waals surface area contributed by atoms with Gasteiger partial charge in [0.1, 0.15) is 5.75 Å². The lowest BCUT2D eigenvalue weighted by Gasteiger charge is -2.17. The van der Waals surface area contributed by atoms with Crippen molar-refractivity contribution in [2.24, 2.45) is 4.99 Å². The van der Waals surface area contributed by atoms with E-state index in [1.807, 2.05) is 36.4 Å². The van der Waals surface area contributed by atoms with Crippen molar-refractivity contribution in [2.45, 2.75) is 19.9 Å². The molecule has 1 heterocycles. The normalized spacial score (nSPS) is 11.6. The average Bonchev–Trinajstić information content (AvgIpc) is 3.16. The highest BCUT2D eigenvalue weighted by Crippen LogP contribution is 2.41. The second-order valence-corrected chi connectivity index (χ2v) is 7.43. The molecule has 0 aliphatic carbocycles. The third kappa shape index (κ3) is 4.24. The van der Waals surface area contributed by atoms with Crippen LogP contribution in [0.4, 0.5) is 5.69 Å². The number of hydrogen-bond donors (Lipinski definition) is 0. The molecular formula is C22H26N2O4S. The summed E-state index contributed by atoms with van der Waals surface area (Å²) in [5, 5.41) is 2.10. The number of hydrogen-bond acceptors (Lipinski definition) is 6. The first-order chi connectivity index (χ1) is 14.0. The zero-order chi connectivity index (χ0) is 21.0. The largest absolute Gasteiger partial charge is 0.497 e. The summed E-state index contributed by atoms with van der Waals surface area (Å²) in [6, 6.07) is 11.8. The molecule has 1 aromatic heterocycles. The van der Waals surface area contributed by atoms with Crippen molar-refractivity contribution >= 4 is 17.0 Å². The molecule has 0 bridgehead atoms. The summed E-state index contributed by atoms with van der Waals surface area (Å²) in [5.74, 6) is 2.63. The fourth-order valence-electron chi connectivity index (χ4n) is 3.11. The lowest BCUT2D eigenvalue weighted by molar-refractivity contribution is 0.324. The molecule has 0 spiro atoms. The van der Waals surface area contributed by atoms with E-state index in [1.165, 1.54) is 0 Å². The lowest BCUT2D eigenvalue weighted by Crippen LogP contribution is -2.17. The van der Waals surface area contributed by atoms with Crippen molar-refractivity contribution in [2.75, 3.05) is 28.4 Å². The molecule has 0 aliphatic heterocycles. The van der Waals surface area contributed by atoms with Crippen molar-refractivity contribution in [3.05, 3.63) is 46.6 Å². The van der Waals surface area contributed by atoms with Gasteiger partial charge in [-0.25, -0.2) is 4.99 Å². The Labute approximate surface area is 175 Å². The van der Waals surface area contributed by atoms with Gasteiger partial charge in [-0.05, 0) is 50.2 Å². The molecule has 0 amide bonds. The second kappa shape index (κ2) is 9.05.